The third-order valence-corrected chi connectivity index (χ3v) is 16.5. The number of hydrogen-bond acceptors (Lipinski definition) is 11. The second-order valence-corrected chi connectivity index (χ2v) is 22.7. The highest BCUT2D eigenvalue weighted by atomic mass is 31.2. The normalized spacial score (nSPS) is 19.4. The zero-order valence-electron chi connectivity index (χ0n) is 45.2. The summed E-state index contributed by atoms with van der Waals surface area (Å²) >= 11 is 0. The van der Waals surface area contributed by atoms with Crippen LogP contribution in [0.3, 0.4) is 0 Å². The Hall–Kier alpha value is -8.91. The zero-order chi connectivity index (χ0) is 60.0. The molecule has 3 fully saturated rings. The maximum Gasteiger partial charge on any atom is 0.399 e. The number of nitrogens with two attached hydrogens (primary N) is 1. The van der Waals surface area contributed by atoms with Crippen LogP contribution in [-0.4, -0.2) is 132 Å². The number of amides is 10. The molecule has 0 spiro atoms. The van der Waals surface area contributed by atoms with Crippen molar-refractivity contribution in [1.82, 2.24) is 41.0 Å². The molecule has 4 aliphatic rings. The number of nitrogens with one attached hydrogen (secondary N) is 5. The molecule has 0 aliphatic carbocycles. The summed E-state index contributed by atoms with van der Waals surface area (Å²) in [6.45, 7) is -0.269. The summed E-state index contributed by atoms with van der Waals surface area (Å²) in [6.07, 6.45) is 1.94. The number of H-pyrrole nitrogens is 1. The molecule has 3 saturated heterocycles. The van der Waals surface area contributed by atoms with E-state index in [2.05, 4.69) is 38.1 Å². The molecule has 5 aromatic rings. The molecule has 1 aromatic heterocycles. The van der Waals surface area contributed by atoms with Crippen molar-refractivity contribution >= 4 is 77.6 Å². The topological polar surface area (TPSA) is 328 Å². The molecule has 25 heteroatoms. The van der Waals surface area contributed by atoms with Crippen molar-refractivity contribution in [2.24, 2.45) is 5.73 Å². The van der Waals surface area contributed by atoms with Crippen molar-refractivity contribution in [3.63, 3.8) is 0 Å². The largest absolute Gasteiger partial charge is 0.399 e. The number of piperidine rings is 1. The van der Waals surface area contributed by atoms with Gasteiger partial charge in [-0.3, -0.25) is 62.7 Å². The van der Waals surface area contributed by atoms with E-state index in [9.17, 15) is 66.3 Å². The number of benzene rings is 4. The number of nitrogens with zero attached hydrogens (tertiary/aromatic N) is 3. The Labute approximate surface area is 479 Å². The molecule has 4 aromatic carbocycles. The minimum Gasteiger partial charge on any atom is -0.370 e. The SMILES string of the molecule is NC(=O)CC[C@H](NC(=O)[C@@H]1CC[C@@H]2CCN(C(=O)CCCCCC#Cc3cccc4c3C(=O)N(C3CCC(=O)NC3=O)C4=O)C[C@H](NC(=O)c3cc4cc(C(F)(F)P(=O)(O)O)ccc4[nH]3)C(=O)N21)C(=O)NC(c1ccccc1)c1ccccc1. The fourth-order valence-electron chi connectivity index (χ4n) is 11.1. The lowest BCUT2D eigenvalue weighted by Crippen LogP contribution is -2.62. The van der Waals surface area contributed by atoms with E-state index in [4.69, 9.17) is 5.73 Å². The van der Waals surface area contributed by atoms with E-state index in [0.29, 0.717) is 31.2 Å². The lowest BCUT2D eigenvalue weighted by Gasteiger charge is -2.39. The predicted octanol–water partition coefficient (Wildman–Crippen LogP) is 4.14. The van der Waals surface area contributed by atoms with Gasteiger partial charge < -0.3 is 46.3 Å². The first-order valence-corrected chi connectivity index (χ1v) is 29.0. The molecule has 84 heavy (non-hydrogen) atoms. The highest BCUT2D eigenvalue weighted by Crippen LogP contribution is 2.59. The monoisotopic (exact) mass is 1170 g/mol. The maximum atomic E-state index is 15.0. The van der Waals surface area contributed by atoms with Gasteiger partial charge in [-0.15, -0.1) is 0 Å². The van der Waals surface area contributed by atoms with E-state index in [1.807, 2.05) is 60.7 Å². The fraction of sp³-hybridized carbons (Fsp3) is 0.356. The summed E-state index contributed by atoms with van der Waals surface area (Å²) in [6, 6.07) is 20.3. The second kappa shape index (κ2) is 25.3. The Bertz CT molecular complexity index is 3530. The number of alkyl halides is 2. The van der Waals surface area contributed by atoms with E-state index in [1.54, 1.807) is 12.1 Å². The van der Waals surface area contributed by atoms with Crippen molar-refractivity contribution in [3.8, 4) is 11.8 Å². The number of primary amides is 1. The summed E-state index contributed by atoms with van der Waals surface area (Å²) in [5, 5.41) is 10.6. The van der Waals surface area contributed by atoms with Gasteiger partial charge in [-0.2, -0.15) is 8.78 Å². The smallest absolute Gasteiger partial charge is 0.370 e. The molecule has 4 aliphatic heterocycles. The summed E-state index contributed by atoms with van der Waals surface area (Å²) in [7, 11) is -5.95. The van der Waals surface area contributed by atoms with E-state index in [0.717, 1.165) is 40.3 Å². The lowest BCUT2D eigenvalue weighted by molar-refractivity contribution is -0.145. The number of fused-ring (bicyclic) bond motifs is 3. The van der Waals surface area contributed by atoms with Crippen LogP contribution in [0.25, 0.3) is 10.9 Å². The third kappa shape index (κ3) is 13.0. The van der Waals surface area contributed by atoms with E-state index in [-0.39, 0.29) is 98.1 Å². The first kappa shape index (κ1) is 59.7. The molecule has 22 nitrogen and oxygen atoms in total. The summed E-state index contributed by atoms with van der Waals surface area (Å²) in [5.74, 6) is -0.681. The molecule has 1 unspecified atom stereocenters. The molecule has 0 bridgehead atoms. The van der Waals surface area contributed by atoms with Gasteiger partial charge in [0.2, 0.25) is 41.4 Å². The van der Waals surface area contributed by atoms with Crippen molar-refractivity contribution in [2.45, 2.75) is 119 Å². The van der Waals surface area contributed by atoms with Gasteiger partial charge in [-0.05, 0) is 86.4 Å². The molecule has 0 radical (unpaired) electrons. The van der Waals surface area contributed by atoms with E-state index in [1.165, 1.54) is 15.9 Å². The number of aromatic nitrogens is 1. The van der Waals surface area contributed by atoms with Crippen molar-refractivity contribution in [3.05, 3.63) is 142 Å². The highest BCUT2D eigenvalue weighted by Gasteiger charge is 2.51. The number of carbonyl (C=O) groups excluding carboxylic acids is 10. The lowest BCUT2D eigenvalue weighted by atomic mass is 9.98. The highest BCUT2D eigenvalue weighted by molar-refractivity contribution is 7.52. The molecule has 5 heterocycles. The van der Waals surface area contributed by atoms with Crippen LogP contribution in [-0.2, 0) is 43.8 Å². The number of hydrogen-bond donors (Lipinski definition) is 8. The summed E-state index contributed by atoms with van der Waals surface area (Å²) in [5.41, 5.74) is 1.80. The molecule has 9 rings (SSSR count). The van der Waals surface area contributed by atoms with Gasteiger partial charge in [0.15, 0.2) is 0 Å². The van der Waals surface area contributed by atoms with Crippen LogP contribution < -0.4 is 27.0 Å². The molecule has 5 atom stereocenters. The second-order valence-electron chi connectivity index (χ2n) is 21.1. The van der Waals surface area contributed by atoms with Gasteiger partial charge in [-0.1, -0.05) is 91.1 Å². The van der Waals surface area contributed by atoms with Crippen LogP contribution in [0, 0.1) is 11.8 Å². The molecule has 9 N–H and O–H groups in total. The Balaban J connectivity index is 0.892. The standard InChI is InChI=1S/C59H60F2N9O13P/c60-59(61,84(81,82)83)38-21-23-41-37(31-38)32-43(63-41)53(75)65-44-33-68(49(73)20-11-3-1-2-6-13-34-18-12-19-40-50(34)58(80)70(56(40)78)46-26-28-48(72)66-55(46)77)30-29-39-22-25-45(69(39)57(44)79)54(76)64-42(24-27-47(62)71)52(74)67-51(35-14-7-4-8-15-35)36-16-9-5-10-17-36/h4-5,7-10,12,14-19,21,23,31-32,39,42,44-46,51,63H,1-3,11,20,22,24-30,33H2,(H2,62,71)(H,64,76)(H,65,75)(H,67,74)(H,66,72,77)(H2,81,82,83)/t39-,42+,44+,45+,46?/m1/s1. The molecule has 0 saturated carbocycles. The van der Waals surface area contributed by atoms with Crippen molar-refractivity contribution in [1.29, 1.82) is 0 Å². The average Bonchev–Trinajstić information content (AvgIpc) is 2.30. The number of unbranched alkanes of at least 4 members (excludes halogenated alkanes) is 3. The fourth-order valence-corrected chi connectivity index (χ4v) is 11.6. The van der Waals surface area contributed by atoms with Crippen molar-refractivity contribution in [2.75, 3.05) is 13.1 Å². The van der Waals surface area contributed by atoms with E-state index >= 15 is 4.79 Å². The van der Waals surface area contributed by atoms with Crippen LogP contribution in [0.4, 0.5) is 8.78 Å². The zero-order valence-corrected chi connectivity index (χ0v) is 46.1. The number of carbonyl (C=O) groups is 10. The Morgan fingerprint density at radius 1 is 0.810 bits per heavy atom. The van der Waals surface area contributed by atoms with Crippen LogP contribution in [0.2, 0.25) is 0 Å². The number of aromatic amines is 1. The van der Waals surface area contributed by atoms with E-state index < -0.39 is 108 Å². The summed E-state index contributed by atoms with van der Waals surface area (Å²) in [4.78, 5) is 160. The van der Waals surface area contributed by atoms with Gasteiger partial charge in [0, 0.05) is 66.8 Å². The van der Waals surface area contributed by atoms with Crippen LogP contribution >= 0.6 is 7.60 Å². The maximum absolute atomic E-state index is 15.0. The van der Waals surface area contributed by atoms with Gasteiger partial charge in [0.25, 0.3) is 17.7 Å². The van der Waals surface area contributed by atoms with Crippen LogP contribution in [0.15, 0.2) is 103 Å². The third-order valence-electron chi connectivity index (χ3n) is 15.5. The average molecular weight is 1170 g/mol. The Morgan fingerprint density at radius 3 is 2.20 bits per heavy atom. The van der Waals surface area contributed by atoms with Crippen molar-refractivity contribution < 1.29 is 71.1 Å². The molecule has 10 amide bonds. The minimum atomic E-state index is -5.95. The number of rotatable bonds is 19. The number of halogens is 2. The van der Waals surface area contributed by atoms with Crippen LogP contribution in [0.1, 0.15) is 137 Å². The molecular weight excluding hydrogens is 1110 g/mol. The predicted molar refractivity (Wildman–Crippen MR) is 297 cm³/mol. The number of imide groups is 2. The molecule has 438 valence electrons. The van der Waals surface area contributed by atoms with Gasteiger partial charge in [-0.25, -0.2) is 0 Å². The Kier molecular flexibility index (Phi) is 18.0. The Morgan fingerprint density at radius 2 is 1.52 bits per heavy atom. The minimum absolute atomic E-state index is 0.00260. The quantitative estimate of drug-likeness (QED) is 0.0250. The van der Waals surface area contributed by atoms with Gasteiger partial charge >= 0.3 is 13.3 Å². The van der Waals surface area contributed by atoms with Gasteiger partial charge in [0.1, 0.15) is 29.9 Å². The summed E-state index contributed by atoms with van der Waals surface area (Å²) < 4.78 is 41.1. The van der Waals surface area contributed by atoms with Gasteiger partial charge in [0.05, 0.1) is 17.2 Å². The first-order chi connectivity index (χ1) is 40.1. The first-order valence-electron chi connectivity index (χ1n) is 27.4. The van der Waals surface area contributed by atoms with Crippen LogP contribution in [0.5, 0.6) is 0 Å². The molecular formula is C59H60F2N9O13P.